The van der Waals surface area contributed by atoms with E-state index >= 15 is 0 Å². The summed E-state index contributed by atoms with van der Waals surface area (Å²) in [4.78, 5) is 6.87. The fraction of sp³-hybridized carbons (Fsp3) is 0.857. The fourth-order valence-electron chi connectivity index (χ4n) is 3.25. The highest BCUT2D eigenvalue weighted by atomic mass is 16.5. The van der Waals surface area contributed by atoms with Gasteiger partial charge >= 0.3 is 0 Å². The third kappa shape index (κ3) is 2.76. The van der Waals surface area contributed by atoms with Gasteiger partial charge in [-0.05, 0) is 43.8 Å². The van der Waals surface area contributed by atoms with Gasteiger partial charge in [0.1, 0.15) is 0 Å². The summed E-state index contributed by atoms with van der Waals surface area (Å²) in [5, 5.41) is 7.79. The van der Waals surface area contributed by atoms with E-state index in [2.05, 4.69) is 27.3 Å². The molecule has 0 bridgehead atoms. The Labute approximate surface area is 114 Å². The molecule has 5 heteroatoms. The van der Waals surface area contributed by atoms with Crippen LogP contribution in [-0.2, 0) is 0 Å². The topological polar surface area (TPSA) is 54.2 Å². The summed E-state index contributed by atoms with van der Waals surface area (Å²) in [5.74, 6) is 2.05. The third-order valence-electron chi connectivity index (χ3n) is 4.31. The predicted molar refractivity (Wildman–Crippen MR) is 74.4 cm³/mol. The van der Waals surface area contributed by atoms with Gasteiger partial charge in [-0.1, -0.05) is 13.3 Å². The number of aromatic nitrogens is 2. The van der Waals surface area contributed by atoms with Gasteiger partial charge in [0.15, 0.2) is 0 Å². The standard InChI is InChI=1S/C14H24N4O/c1-2-8-15-12-7-5-6-11(12)13-16-14(17-19-13)18-9-3-4-10-18/h11-12,15H,2-10H2,1H3. The normalized spacial score (nSPS) is 27.3. The van der Waals surface area contributed by atoms with Crippen molar-refractivity contribution in [2.45, 2.75) is 57.4 Å². The number of rotatable bonds is 5. The zero-order valence-electron chi connectivity index (χ0n) is 11.8. The van der Waals surface area contributed by atoms with Crippen molar-refractivity contribution in [1.29, 1.82) is 0 Å². The smallest absolute Gasteiger partial charge is 0.266 e. The Morgan fingerprint density at radius 1 is 1.26 bits per heavy atom. The number of nitrogens with one attached hydrogen (secondary N) is 1. The van der Waals surface area contributed by atoms with Gasteiger partial charge in [0.05, 0.1) is 5.92 Å². The average Bonchev–Trinajstić information content (AvgIpc) is 3.14. The molecule has 5 nitrogen and oxygen atoms in total. The van der Waals surface area contributed by atoms with Crippen molar-refractivity contribution < 1.29 is 4.52 Å². The first kappa shape index (κ1) is 12.9. The lowest BCUT2D eigenvalue weighted by Gasteiger charge is -2.17. The summed E-state index contributed by atoms with van der Waals surface area (Å²) in [7, 11) is 0. The lowest BCUT2D eigenvalue weighted by atomic mass is 10.0. The van der Waals surface area contributed by atoms with Gasteiger partial charge in [0.2, 0.25) is 5.89 Å². The number of hydrogen-bond donors (Lipinski definition) is 1. The van der Waals surface area contributed by atoms with Crippen LogP contribution in [0.2, 0.25) is 0 Å². The molecule has 0 aromatic carbocycles. The van der Waals surface area contributed by atoms with E-state index in [1.165, 1.54) is 38.5 Å². The van der Waals surface area contributed by atoms with Gasteiger partial charge in [-0.15, -0.1) is 0 Å². The van der Waals surface area contributed by atoms with Crippen molar-refractivity contribution >= 4 is 5.95 Å². The number of anilines is 1. The van der Waals surface area contributed by atoms with Crippen molar-refractivity contribution in [1.82, 2.24) is 15.5 Å². The molecule has 106 valence electrons. The van der Waals surface area contributed by atoms with Crippen molar-refractivity contribution in [3.05, 3.63) is 5.89 Å². The summed E-state index contributed by atoms with van der Waals surface area (Å²) in [6.07, 6.45) is 7.32. The van der Waals surface area contributed by atoms with Crippen LogP contribution in [0.3, 0.4) is 0 Å². The maximum absolute atomic E-state index is 5.53. The highest BCUT2D eigenvalue weighted by Crippen LogP contribution is 2.34. The molecule has 0 amide bonds. The number of nitrogens with zero attached hydrogens (tertiary/aromatic N) is 3. The third-order valence-corrected chi connectivity index (χ3v) is 4.31. The van der Waals surface area contributed by atoms with Gasteiger partial charge in [-0.2, -0.15) is 4.98 Å². The van der Waals surface area contributed by atoms with E-state index < -0.39 is 0 Å². The first-order valence-electron chi connectivity index (χ1n) is 7.70. The Morgan fingerprint density at radius 2 is 2.11 bits per heavy atom. The molecule has 2 unspecified atom stereocenters. The van der Waals surface area contributed by atoms with E-state index in [0.717, 1.165) is 31.5 Å². The highest BCUT2D eigenvalue weighted by Gasteiger charge is 2.33. The quantitative estimate of drug-likeness (QED) is 0.884. The molecule has 1 aliphatic carbocycles. The Bertz CT molecular complexity index is 400. The molecule has 2 fully saturated rings. The zero-order valence-corrected chi connectivity index (χ0v) is 11.8. The van der Waals surface area contributed by atoms with Gasteiger partial charge in [0, 0.05) is 19.1 Å². The predicted octanol–water partition coefficient (Wildman–Crippen LogP) is 2.31. The van der Waals surface area contributed by atoms with E-state index in [1.54, 1.807) is 0 Å². The van der Waals surface area contributed by atoms with Crippen LogP contribution >= 0.6 is 0 Å². The van der Waals surface area contributed by atoms with Gasteiger partial charge < -0.3 is 14.7 Å². The van der Waals surface area contributed by atoms with E-state index in [1.807, 2.05) is 0 Å². The minimum Gasteiger partial charge on any atom is -0.338 e. The van der Waals surface area contributed by atoms with Gasteiger partial charge in [-0.3, -0.25) is 0 Å². The van der Waals surface area contributed by atoms with Crippen molar-refractivity contribution in [3.63, 3.8) is 0 Å². The van der Waals surface area contributed by atoms with Crippen LogP contribution in [0, 0.1) is 0 Å². The van der Waals surface area contributed by atoms with Gasteiger partial charge in [-0.25, -0.2) is 0 Å². The molecule has 1 aromatic heterocycles. The summed E-state index contributed by atoms with van der Waals surface area (Å²) in [6, 6.07) is 0.520. The summed E-state index contributed by atoms with van der Waals surface area (Å²) < 4.78 is 5.53. The maximum atomic E-state index is 5.53. The Hall–Kier alpha value is -1.10. The van der Waals surface area contributed by atoms with Crippen LogP contribution in [-0.4, -0.2) is 35.8 Å². The minimum absolute atomic E-state index is 0.412. The van der Waals surface area contributed by atoms with Crippen LogP contribution in [0.4, 0.5) is 5.95 Å². The van der Waals surface area contributed by atoms with Crippen LogP contribution in [0.1, 0.15) is 57.3 Å². The monoisotopic (exact) mass is 264 g/mol. The van der Waals surface area contributed by atoms with E-state index in [0.29, 0.717) is 12.0 Å². The zero-order chi connectivity index (χ0) is 13.1. The van der Waals surface area contributed by atoms with Crippen LogP contribution in [0.5, 0.6) is 0 Å². The first-order chi connectivity index (χ1) is 9.38. The van der Waals surface area contributed by atoms with E-state index in [-0.39, 0.29) is 0 Å². The Morgan fingerprint density at radius 3 is 2.89 bits per heavy atom. The molecule has 2 aliphatic rings. The second-order valence-corrected chi connectivity index (χ2v) is 5.72. The molecule has 3 rings (SSSR count). The fourth-order valence-corrected chi connectivity index (χ4v) is 3.25. The minimum atomic E-state index is 0.412. The van der Waals surface area contributed by atoms with Gasteiger partial charge in [0.25, 0.3) is 5.95 Å². The summed E-state index contributed by atoms with van der Waals surface area (Å²) in [5.41, 5.74) is 0. The van der Waals surface area contributed by atoms with E-state index in [4.69, 9.17) is 4.52 Å². The second-order valence-electron chi connectivity index (χ2n) is 5.72. The van der Waals surface area contributed by atoms with Crippen molar-refractivity contribution in [2.24, 2.45) is 0 Å². The van der Waals surface area contributed by atoms with Crippen LogP contribution in [0.15, 0.2) is 4.52 Å². The molecule has 19 heavy (non-hydrogen) atoms. The average molecular weight is 264 g/mol. The Kier molecular flexibility index (Phi) is 4.01. The maximum Gasteiger partial charge on any atom is 0.266 e. The van der Waals surface area contributed by atoms with Crippen LogP contribution in [0.25, 0.3) is 0 Å². The molecule has 1 saturated carbocycles. The summed E-state index contributed by atoms with van der Waals surface area (Å²) >= 11 is 0. The van der Waals surface area contributed by atoms with Crippen LogP contribution < -0.4 is 10.2 Å². The summed E-state index contributed by atoms with van der Waals surface area (Å²) in [6.45, 7) is 5.42. The largest absolute Gasteiger partial charge is 0.338 e. The second kappa shape index (κ2) is 5.90. The molecule has 1 aromatic rings. The molecule has 1 saturated heterocycles. The lowest BCUT2D eigenvalue weighted by Crippen LogP contribution is -2.32. The number of hydrogen-bond acceptors (Lipinski definition) is 5. The SMILES string of the molecule is CCCNC1CCCC1c1nc(N2CCCC2)no1. The van der Waals surface area contributed by atoms with Crippen molar-refractivity contribution in [3.8, 4) is 0 Å². The molecule has 0 spiro atoms. The lowest BCUT2D eigenvalue weighted by molar-refractivity contribution is 0.330. The highest BCUT2D eigenvalue weighted by molar-refractivity contribution is 5.29. The molecule has 2 heterocycles. The molecule has 1 N–H and O–H groups in total. The molecule has 1 aliphatic heterocycles. The molecular weight excluding hydrogens is 240 g/mol. The van der Waals surface area contributed by atoms with E-state index in [9.17, 15) is 0 Å². The molecule has 2 atom stereocenters. The first-order valence-corrected chi connectivity index (χ1v) is 7.70. The molecule has 0 radical (unpaired) electrons. The molecular formula is C14H24N4O. The van der Waals surface area contributed by atoms with Crippen molar-refractivity contribution in [2.75, 3.05) is 24.5 Å². The Balaban J connectivity index is 1.67.